The Morgan fingerprint density at radius 3 is 2.85 bits per heavy atom. The standard InChI is InChI=1S/C21H23F5N4O3/c22-19(23)12-32-6-5-29-3-4-30-16(10-29)9-17(28-30)20(31)27-15-8-13-7-14(21(24,25)26)1-2-18(13)33-11-15/h1-2,7,9,15,19H,3-6,8,10-12H2,(H,27,31)/t15-/m1/s1. The minimum Gasteiger partial charge on any atom is -0.491 e. The third-order valence-electron chi connectivity index (χ3n) is 5.53. The predicted molar refractivity (Wildman–Crippen MR) is 106 cm³/mol. The van der Waals surface area contributed by atoms with Gasteiger partial charge in [0.1, 0.15) is 19.0 Å². The van der Waals surface area contributed by atoms with Crippen LogP contribution in [0.2, 0.25) is 0 Å². The number of carbonyl (C=O) groups is 1. The van der Waals surface area contributed by atoms with Crippen molar-refractivity contribution in [1.82, 2.24) is 20.0 Å². The fourth-order valence-electron chi connectivity index (χ4n) is 3.91. The normalized spacial score (nSPS) is 18.5. The lowest BCUT2D eigenvalue weighted by atomic mass is 10.00. The van der Waals surface area contributed by atoms with Gasteiger partial charge in [0, 0.05) is 19.6 Å². The van der Waals surface area contributed by atoms with Gasteiger partial charge in [-0.1, -0.05) is 0 Å². The van der Waals surface area contributed by atoms with Gasteiger partial charge in [-0.15, -0.1) is 0 Å². The first-order chi connectivity index (χ1) is 15.7. The van der Waals surface area contributed by atoms with Gasteiger partial charge in [0.15, 0.2) is 5.69 Å². The molecule has 7 nitrogen and oxygen atoms in total. The van der Waals surface area contributed by atoms with Crippen molar-refractivity contribution < 1.29 is 36.2 Å². The largest absolute Gasteiger partial charge is 0.491 e. The molecule has 1 aromatic heterocycles. The lowest BCUT2D eigenvalue weighted by Gasteiger charge is -2.27. The van der Waals surface area contributed by atoms with Gasteiger partial charge in [-0.3, -0.25) is 14.4 Å². The summed E-state index contributed by atoms with van der Waals surface area (Å²) in [7, 11) is 0. The first-order valence-corrected chi connectivity index (χ1v) is 10.5. The second-order valence-electron chi connectivity index (χ2n) is 7.99. The van der Waals surface area contributed by atoms with Gasteiger partial charge in [-0.05, 0) is 36.2 Å². The highest BCUT2D eigenvalue weighted by atomic mass is 19.4. The van der Waals surface area contributed by atoms with Gasteiger partial charge in [-0.25, -0.2) is 8.78 Å². The molecule has 12 heteroatoms. The molecule has 1 aromatic carbocycles. The molecule has 0 unspecified atom stereocenters. The van der Waals surface area contributed by atoms with Crippen molar-refractivity contribution >= 4 is 5.91 Å². The number of rotatable bonds is 7. The highest BCUT2D eigenvalue weighted by molar-refractivity contribution is 5.92. The van der Waals surface area contributed by atoms with Gasteiger partial charge in [0.05, 0.1) is 30.5 Å². The maximum Gasteiger partial charge on any atom is 0.416 e. The van der Waals surface area contributed by atoms with Crippen LogP contribution in [-0.2, 0) is 30.4 Å². The Morgan fingerprint density at radius 2 is 2.09 bits per heavy atom. The molecule has 0 fully saturated rings. The molecule has 2 aliphatic rings. The molecule has 1 N–H and O–H groups in total. The monoisotopic (exact) mass is 474 g/mol. The Hall–Kier alpha value is -2.73. The van der Waals surface area contributed by atoms with Crippen LogP contribution in [0, 0.1) is 0 Å². The highest BCUT2D eigenvalue weighted by Crippen LogP contribution is 2.34. The van der Waals surface area contributed by atoms with Crippen molar-refractivity contribution in [1.29, 1.82) is 0 Å². The maximum absolute atomic E-state index is 13.0. The second-order valence-corrected chi connectivity index (χ2v) is 7.99. The van der Waals surface area contributed by atoms with E-state index in [1.165, 1.54) is 6.07 Å². The summed E-state index contributed by atoms with van der Waals surface area (Å²) in [6, 6.07) is 4.48. The van der Waals surface area contributed by atoms with Crippen LogP contribution in [-0.4, -0.2) is 66.0 Å². The third kappa shape index (κ3) is 5.80. The number of hydrogen-bond donors (Lipinski definition) is 1. The highest BCUT2D eigenvalue weighted by Gasteiger charge is 2.33. The molecule has 33 heavy (non-hydrogen) atoms. The minimum absolute atomic E-state index is 0.143. The van der Waals surface area contributed by atoms with Crippen molar-refractivity contribution in [3.8, 4) is 5.75 Å². The zero-order valence-electron chi connectivity index (χ0n) is 17.6. The molecular formula is C21H23F5N4O3. The Bertz CT molecular complexity index is 995. The van der Waals surface area contributed by atoms with Crippen LogP contribution in [0.5, 0.6) is 5.75 Å². The zero-order valence-corrected chi connectivity index (χ0v) is 17.6. The van der Waals surface area contributed by atoms with Crippen LogP contribution in [0.1, 0.15) is 27.3 Å². The summed E-state index contributed by atoms with van der Waals surface area (Å²) in [5.74, 6) is -0.0590. The molecule has 0 radical (unpaired) electrons. The number of amides is 1. The maximum atomic E-state index is 13.0. The van der Waals surface area contributed by atoms with E-state index in [0.717, 1.165) is 17.8 Å². The van der Waals surface area contributed by atoms with Gasteiger partial charge in [-0.2, -0.15) is 18.3 Å². The molecule has 0 aliphatic carbocycles. The van der Waals surface area contributed by atoms with E-state index in [2.05, 4.69) is 10.4 Å². The van der Waals surface area contributed by atoms with E-state index in [1.54, 1.807) is 10.7 Å². The fraction of sp³-hybridized carbons (Fsp3) is 0.524. The van der Waals surface area contributed by atoms with Gasteiger partial charge in [0.25, 0.3) is 12.3 Å². The van der Waals surface area contributed by atoms with Crippen molar-refractivity contribution in [2.24, 2.45) is 0 Å². The van der Waals surface area contributed by atoms with Crippen molar-refractivity contribution in [3.63, 3.8) is 0 Å². The molecule has 2 aliphatic heterocycles. The number of nitrogens with zero attached hydrogens (tertiary/aromatic N) is 3. The molecule has 0 bridgehead atoms. The minimum atomic E-state index is -4.45. The van der Waals surface area contributed by atoms with E-state index < -0.39 is 36.7 Å². The first-order valence-electron chi connectivity index (χ1n) is 10.5. The number of fused-ring (bicyclic) bond motifs is 2. The summed E-state index contributed by atoms with van der Waals surface area (Å²) in [6.45, 7) is 1.90. The Kier molecular flexibility index (Phi) is 6.84. The van der Waals surface area contributed by atoms with Gasteiger partial charge >= 0.3 is 6.18 Å². The van der Waals surface area contributed by atoms with E-state index in [9.17, 15) is 26.7 Å². The average Bonchev–Trinajstić information content (AvgIpc) is 3.19. The number of nitrogens with one attached hydrogen (secondary N) is 1. The SMILES string of the molecule is O=C(N[C@H]1COc2ccc(C(F)(F)F)cc2C1)c1cc2n(n1)CCN(CCOCC(F)F)C2. The number of benzene rings is 1. The molecule has 1 atom stereocenters. The van der Waals surface area contributed by atoms with Crippen LogP contribution in [0.15, 0.2) is 24.3 Å². The molecule has 0 saturated carbocycles. The summed E-state index contributed by atoms with van der Waals surface area (Å²) >= 11 is 0. The number of ether oxygens (including phenoxy) is 2. The molecule has 1 amide bonds. The van der Waals surface area contributed by atoms with E-state index >= 15 is 0 Å². The number of carbonyl (C=O) groups excluding carboxylic acids is 1. The van der Waals surface area contributed by atoms with Gasteiger partial charge < -0.3 is 14.8 Å². The summed E-state index contributed by atoms with van der Waals surface area (Å²) in [6.07, 6.45) is -6.74. The molecule has 180 valence electrons. The van der Waals surface area contributed by atoms with Crippen LogP contribution < -0.4 is 10.1 Å². The molecule has 0 saturated heterocycles. The van der Waals surface area contributed by atoms with Crippen molar-refractivity contribution in [2.75, 3.05) is 32.9 Å². The molecule has 3 heterocycles. The Labute approximate surface area is 186 Å². The summed E-state index contributed by atoms with van der Waals surface area (Å²) in [5, 5.41) is 7.10. The number of alkyl halides is 5. The number of aromatic nitrogens is 2. The fourth-order valence-corrected chi connectivity index (χ4v) is 3.91. The summed E-state index contributed by atoms with van der Waals surface area (Å²) < 4.78 is 75.4. The van der Waals surface area contributed by atoms with Crippen molar-refractivity contribution in [2.45, 2.75) is 38.2 Å². The first kappa shape index (κ1) is 23.4. The molecule has 2 aromatic rings. The Morgan fingerprint density at radius 1 is 1.27 bits per heavy atom. The van der Waals surface area contributed by atoms with E-state index in [1.807, 2.05) is 4.90 Å². The molecular weight excluding hydrogens is 451 g/mol. The van der Waals surface area contributed by atoms with E-state index in [0.29, 0.717) is 37.5 Å². The van der Waals surface area contributed by atoms with E-state index in [4.69, 9.17) is 9.47 Å². The molecule has 0 spiro atoms. The smallest absolute Gasteiger partial charge is 0.416 e. The predicted octanol–water partition coefficient (Wildman–Crippen LogP) is 2.73. The van der Waals surface area contributed by atoms with Crippen LogP contribution in [0.4, 0.5) is 22.0 Å². The van der Waals surface area contributed by atoms with Crippen LogP contribution >= 0.6 is 0 Å². The summed E-state index contributed by atoms with van der Waals surface area (Å²) in [5.41, 5.74) is 0.633. The lowest BCUT2D eigenvalue weighted by Crippen LogP contribution is -2.43. The van der Waals surface area contributed by atoms with Crippen LogP contribution in [0.3, 0.4) is 0 Å². The summed E-state index contributed by atoms with van der Waals surface area (Å²) in [4.78, 5) is 14.7. The third-order valence-corrected chi connectivity index (χ3v) is 5.53. The average molecular weight is 474 g/mol. The Balaban J connectivity index is 1.33. The topological polar surface area (TPSA) is 68.6 Å². The zero-order chi connectivity index (χ0) is 23.6. The molecule has 4 rings (SSSR count). The number of hydrogen-bond acceptors (Lipinski definition) is 5. The van der Waals surface area contributed by atoms with E-state index in [-0.39, 0.29) is 25.3 Å². The van der Waals surface area contributed by atoms with Crippen molar-refractivity contribution in [3.05, 3.63) is 46.8 Å². The quantitative estimate of drug-likeness (QED) is 0.494. The number of halogens is 5. The van der Waals surface area contributed by atoms with Crippen LogP contribution in [0.25, 0.3) is 0 Å². The van der Waals surface area contributed by atoms with Gasteiger partial charge in [0.2, 0.25) is 0 Å². The lowest BCUT2D eigenvalue weighted by molar-refractivity contribution is -0.137. The second kappa shape index (κ2) is 9.64.